The number of phenols is 12. The Morgan fingerprint density at radius 2 is 1.17 bits per heavy atom. The van der Waals surface area contributed by atoms with Crippen molar-refractivity contribution in [3.63, 3.8) is 0 Å². The second kappa shape index (κ2) is 16.2. The third-order valence-electron chi connectivity index (χ3n) is 11.3. The van der Waals surface area contributed by atoms with Gasteiger partial charge >= 0.3 is 41.8 Å². The summed E-state index contributed by atoms with van der Waals surface area (Å²) in [4.78, 5) is 94.2. The Morgan fingerprint density at radius 1 is 0.638 bits per heavy atom. The number of fused-ring (bicyclic) bond motifs is 7. The highest BCUT2D eigenvalue weighted by Gasteiger charge is 2.71. The van der Waals surface area contributed by atoms with E-state index in [2.05, 4.69) is 0 Å². The SMILES string of the molecule is O=C(O)C[C@]12OC(=O)[C@H](OC1=O)[C@H]2c1c(C(=O)O[C@H]2[C@H](OC(=O)c3cc(O)c(O)c(O)c3)O[C@@H]3COC(=O)c4cc(O)c(O)c(O)c4-c4c(cc(O)c(O)c4O)C(=O)O[C@H]2[C@@H]3O)cc(O)c(O)c1O. The third-order valence-corrected chi connectivity index (χ3v) is 11.3. The summed E-state index contributed by atoms with van der Waals surface area (Å²) in [5.41, 5.74) is -10.3. The quantitative estimate of drug-likeness (QED) is 0.0628. The molecule has 14 N–H and O–H groups in total. The standard InChI is InChI=1S/C41H30O28/c42-12-1-8(2-13(43)23(12)49)34(57)68-39-33(66-37(60)11-5-16(46)26(52)30(56)21(11)22-31-38(61)69-41(22,6-18(47)48)40(62)67-31)32-27(53)17(64-39)7-63-35(58)9-3-14(44)24(50)28(54)19(9)20-10(36(59)65-32)4-15(45)25(51)29(20)55/h1-5,17,22,27,31-33,39,42-46,49-56H,6-7H2,(H,47,48)/t17-,22-,27-,31-,32+,33-,39+,41-/m1/s1. The van der Waals surface area contributed by atoms with Crippen molar-refractivity contribution in [2.24, 2.45) is 0 Å². The van der Waals surface area contributed by atoms with E-state index in [1.54, 1.807) is 0 Å². The summed E-state index contributed by atoms with van der Waals surface area (Å²) in [6.45, 7) is -1.23. The summed E-state index contributed by atoms with van der Waals surface area (Å²) in [6, 6.07) is 2.23. The van der Waals surface area contributed by atoms with Crippen molar-refractivity contribution in [2.45, 2.75) is 54.7 Å². The number of rotatable bonds is 7. The molecule has 8 atom stereocenters. The molecule has 362 valence electrons. The van der Waals surface area contributed by atoms with Gasteiger partial charge in [0.15, 0.2) is 57.8 Å². The van der Waals surface area contributed by atoms with Crippen LogP contribution >= 0.6 is 0 Å². The molecule has 0 unspecified atom stereocenters. The molecule has 28 nitrogen and oxygen atoms in total. The van der Waals surface area contributed by atoms with Gasteiger partial charge in [0.05, 0.1) is 34.6 Å². The predicted molar refractivity (Wildman–Crippen MR) is 207 cm³/mol. The Bertz CT molecular complexity index is 2950. The lowest BCUT2D eigenvalue weighted by molar-refractivity contribution is -0.283. The minimum atomic E-state index is -2.86. The van der Waals surface area contributed by atoms with Gasteiger partial charge < -0.3 is 105 Å². The zero-order chi connectivity index (χ0) is 50.5. The number of carbonyl (C=O) groups excluding carboxylic acids is 6. The molecule has 3 fully saturated rings. The number of aromatic hydroxyl groups is 12. The van der Waals surface area contributed by atoms with E-state index >= 15 is 0 Å². The van der Waals surface area contributed by atoms with Gasteiger partial charge in [-0.05, 0) is 30.3 Å². The molecule has 4 aliphatic heterocycles. The van der Waals surface area contributed by atoms with Crippen molar-refractivity contribution in [3.05, 3.63) is 58.1 Å². The minimum Gasteiger partial charge on any atom is -0.504 e. The van der Waals surface area contributed by atoms with Crippen LogP contribution in [0.15, 0.2) is 30.3 Å². The van der Waals surface area contributed by atoms with Crippen LogP contribution in [0.25, 0.3) is 11.1 Å². The number of cyclic esters (lactones) is 1. The van der Waals surface area contributed by atoms with Gasteiger partial charge in [0.25, 0.3) is 0 Å². The molecule has 69 heavy (non-hydrogen) atoms. The van der Waals surface area contributed by atoms with Crippen LogP contribution in [0.2, 0.25) is 0 Å². The van der Waals surface area contributed by atoms with Gasteiger partial charge in [0.2, 0.25) is 41.3 Å². The third kappa shape index (κ3) is 7.21. The second-order valence-corrected chi connectivity index (χ2v) is 15.4. The number of benzene rings is 4. The lowest BCUT2D eigenvalue weighted by Crippen LogP contribution is -2.62. The number of carboxylic acids is 1. The maximum absolute atomic E-state index is 14.5. The number of aliphatic hydroxyl groups excluding tert-OH is 1. The fraction of sp³-hybridized carbons (Fsp3) is 0.244. The Hall–Kier alpha value is -9.31. The first-order valence-corrected chi connectivity index (χ1v) is 19.3. The van der Waals surface area contributed by atoms with E-state index in [0.717, 1.165) is 0 Å². The van der Waals surface area contributed by atoms with E-state index in [9.17, 15) is 105 Å². The van der Waals surface area contributed by atoms with E-state index < -0.39 is 211 Å². The highest BCUT2D eigenvalue weighted by atomic mass is 16.7. The lowest BCUT2D eigenvalue weighted by atomic mass is 9.78. The molecule has 3 saturated heterocycles. The zero-order valence-electron chi connectivity index (χ0n) is 33.8. The van der Waals surface area contributed by atoms with E-state index in [4.69, 9.17) is 33.2 Å². The summed E-state index contributed by atoms with van der Waals surface area (Å²) in [7, 11) is 0. The van der Waals surface area contributed by atoms with Crippen LogP contribution < -0.4 is 0 Å². The molecule has 0 aliphatic carbocycles. The van der Waals surface area contributed by atoms with Crippen LogP contribution in [-0.4, -0.2) is 162 Å². The average Bonchev–Trinajstić information content (AvgIpc) is 3.70. The lowest BCUT2D eigenvalue weighted by Gasteiger charge is -2.42. The van der Waals surface area contributed by atoms with Crippen LogP contribution in [0, 0.1) is 0 Å². The van der Waals surface area contributed by atoms with E-state index in [-0.39, 0.29) is 0 Å². The van der Waals surface area contributed by atoms with Gasteiger partial charge in [-0.25, -0.2) is 28.8 Å². The molecule has 0 spiro atoms. The van der Waals surface area contributed by atoms with Crippen LogP contribution in [0.4, 0.5) is 0 Å². The molecule has 0 radical (unpaired) electrons. The highest BCUT2D eigenvalue weighted by molar-refractivity contribution is 6.08. The molecule has 0 amide bonds. The number of hydrogen-bond donors (Lipinski definition) is 14. The molecule has 4 aliphatic rings. The predicted octanol–water partition coefficient (Wildman–Crippen LogP) is -0.536. The Labute approximate surface area is 379 Å². The molecule has 8 rings (SSSR count). The first-order valence-electron chi connectivity index (χ1n) is 19.3. The molecule has 4 bridgehead atoms. The van der Waals surface area contributed by atoms with Crippen LogP contribution in [0.3, 0.4) is 0 Å². The number of ether oxygens (including phenoxy) is 7. The van der Waals surface area contributed by atoms with E-state index in [1.165, 1.54) is 0 Å². The number of hydrogen-bond acceptors (Lipinski definition) is 27. The molecule has 28 heteroatoms. The topological polar surface area (TPSA) is 467 Å². The van der Waals surface area contributed by atoms with Gasteiger partial charge in [0.1, 0.15) is 18.8 Å². The van der Waals surface area contributed by atoms with Crippen molar-refractivity contribution >= 4 is 41.8 Å². The molecule has 4 aromatic rings. The normalized spacial score (nSPS) is 24.8. The first-order chi connectivity index (χ1) is 32.4. The molecule has 0 aromatic heterocycles. The summed E-state index contributed by atoms with van der Waals surface area (Å²) in [5, 5.41) is 148. The minimum absolute atomic E-state index is 0.345. The molecular formula is C41H30O28. The molecular weight excluding hydrogens is 940 g/mol. The number of esters is 6. The van der Waals surface area contributed by atoms with Gasteiger partial charge in [-0.1, -0.05) is 0 Å². The fourth-order valence-corrected chi connectivity index (χ4v) is 8.16. The summed E-state index contributed by atoms with van der Waals surface area (Å²) in [5.74, 6) is -29.8. The van der Waals surface area contributed by atoms with Crippen molar-refractivity contribution in [1.82, 2.24) is 0 Å². The Morgan fingerprint density at radius 3 is 1.75 bits per heavy atom. The second-order valence-electron chi connectivity index (χ2n) is 15.4. The van der Waals surface area contributed by atoms with Crippen molar-refractivity contribution in [3.8, 4) is 80.1 Å². The van der Waals surface area contributed by atoms with Gasteiger partial charge in [0, 0.05) is 16.7 Å². The first kappa shape index (κ1) is 46.2. The summed E-state index contributed by atoms with van der Waals surface area (Å²) >= 11 is 0. The van der Waals surface area contributed by atoms with Crippen molar-refractivity contribution in [2.75, 3.05) is 6.61 Å². The van der Waals surface area contributed by atoms with Gasteiger partial charge in [-0.2, -0.15) is 0 Å². The maximum atomic E-state index is 14.5. The number of phenolic OH excluding ortho intramolecular Hbond substituents is 12. The zero-order valence-corrected chi connectivity index (χ0v) is 33.8. The molecule has 4 heterocycles. The molecule has 0 saturated carbocycles. The Kier molecular flexibility index (Phi) is 10.9. The van der Waals surface area contributed by atoms with Gasteiger partial charge in [-0.15, -0.1) is 0 Å². The number of carbonyl (C=O) groups is 7. The van der Waals surface area contributed by atoms with E-state index in [1.807, 2.05) is 0 Å². The van der Waals surface area contributed by atoms with Crippen LogP contribution in [-0.2, 0) is 47.5 Å². The van der Waals surface area contributed by atoms with E-state index in [0.29, 0.717) is 30.3 Å². The maximum Gasteiger partial charge on any atom is 0.352 e. The number of aliphatic carboxylic acids is 1. The summed E-state index contributed by atoms with van der Waals surface area (Å²) in [6.07, 6.45) is -15.9. The molecule has 4 aromatic carbocycles. The Balaban J connectivity index is 1.30. The number of aliphatic hydroxyl groups is 1. The largest absolute Gasteiger partial charge is 0.504 e. The van der Waals surface area contributed by atoms with Crippen molar-refractivity contribution in [1.29, 1.82) is 0 Å². The fourth-order valence-electron chi connectivity index (χ4n) is 8.16. The average molecular weight is 971 g/mol. The summed E-state index contributed by atoms with van der Waals surface area (Å²) < 4.78 is 37.5. The van der Waals surface area contributed by atoms with Crippen LogP contribution in [0.5, 0.6) is 69.0 Å². The van der Waals surface area contributed by atoms with Crippen LogP contribution in [0.1, 0.15) is 59.3 Å². The monoisotopic (exact) mass is 970 g/mol. The highest BCUT2D eigenvalue weighted by Crippen LogP contribution is 2.57. The van der Waals surface area contributed by atoms with Gasteiger partial charge in [-0.3, -0.25) is 4.79 Å². The van der Waals surface area contributed by atoms with Crippen molar-refractivity contribution < 1.29 is 138 Å². The number of carboxylic acid groups (broad SMARTS) is 1. The smallest absolute Gasteiger partial charge is 0.352 e.